The first-order valence-electron chi connectivity index (χ1n) is 19.8. The molecule has 2 heterocycles. The Morgan fingerprint density at radius 1 is 1.04 bits per heavy atom. The van der Waals surface area contributed by atoms with Crippen LogP contribution in [0.1, 0.15) is 115 Å². The van der Waals surface area contributed by atoms with Crippen molar-refractivity contribution in [3.05, 3.63) is 36.0 Å². The largest absolute Gasteiger partial charge is 0.457 e. The summed E-state index contributed by atoms with van der Waals surface area (Å²) in [6.45, 7) is 25.7. The second kappa shape index (κ2) is 19.8. The lowest BCUT2D eigenvalue weighted by Crippen LogP contribution is -2.46. The molecule has 8 nitrogen and oxygen atoms in total. The van der Waals surface area contributed by atoms with Gasteiger partial charge in [-0.2, -0.15) is 0 Å². The number of aliphatic hydroxyl groups is 3. The standard InChI is InChI=1S/C40H74O8Si2/c1-13-33(47-49(14-2,15-3)16-4)31(10)38-34(45-38)28-39(11,48-50(17-5,18-6)19-7)25-20-21-29(8)37-30(9)22-23-35(42)40(12,44)26-24-32(41)27-36(43)46-37/h20-23,25,30-35,37-38,41-42,44H,13-19,24,26-28H2,1-12H3/b23-22-,25-20+,29-21+/t30-,31+,32+,33-,34+,35-,37+,38+,39-,40+/m0/s1. The van der Waals surface area contributed by atoms with Crippen molar-refractivity contribution >= 4 is 22.6 Å². The molecule has 290 valence electrons. The third kappa shape index (κ3) is 12.5. The van der Waals surface area contributed by atoms with Crippen molar-refractivity contribution in [3.63, 3.8) is 0 Å². The van der Waals surface area contributed by atoms with Gasteiger partial charge in [0.1, 0.15) is 12.2 Å². The van der Waals surface area contributed by atoms with E-state index in [4.69, 9.17) is 18.3 Å². The number of epoxide rings is 1. The summed E-state index contributed by atoms with van der Waals surface area (Å²) in [5.41, 5.74) is -1.13. The monoisotopic (exact) mass is 738 g/mol. The first-order valence-corrected chi connectivity index (χ1v) is 24.8. The summed E-state index contributed by atoms with van der Waals surface area (Å²) in [6, 6.07) is 6.54. The first-order chi connectivity index (χ1) is 23.4. The van der Waals surface area contributed by atoms with Gasteiger partial charge in [0, 0.05) is 24.4 Å². The molecule has 0 aromatic rings. The smallest absolute Gasteiger partial charge is 0.309 e. The van der Waals surface area contributed by atoms with Gasteiger partial charge in [-0.25, -0.2) is 0 Å². The van der Waals surface area contributed by atoms with E-state index < -0.39 is 52.1 Å². The molecule has 2 aliphatic rings. The first kappa shape index (κ1) is 45.0. The van der Waals surface area contributed by atoms with E-state index in [1.807, 2.05) is 26.0 Å². The second-order valence-corrected chi connectivity index (χ2v) is 25.2. The summed E-state index contributed by atoms with van der Waals surface area (Å²) in [4.78, 5) is 12.9. The Balaban J connectivity index is 2.37. The molecule has 0 radical (unpaired) electrons. The average Bonchev–Trinajstić information content (AvgIpc) is 3.86. The molecule has 0 aliphatic carbocycles. The van der Waals surface area contributed by atoms with Crippen LogP contribution in [0.4, 0.5) is 0 Å². The Morgan fingerprint density at radius 2 is 1.62 bits per heavy atom. The molecule has 1 saturated heterocycles. The van der Waals surface area contributed by atoms with Gasteiger partial charge in [0.05, 0.1) is 35.9 Å². The maximum atomic E-state index is 12.9. The van der Waals surface area contributed by atoms with E-state index in [1.165, 1.54) is 0 Å². The van der Waals surface area contributed by atoms with Crippen molar-refractivity contribution in [1.29, 1.82) is 0 Å². The Morgan fingerprint density at radius 3 is 2.16 bits per heavy atom. The van der Waals surface area contributed by atoms with Crippen LogP contribution in [0, 0.1) is 11.8 Å². The Kier molecular flexibility index (Phi) is 17.8. The molecule has 0 saturated carbocycles. The van der Waals surface area contributed by atoms with Crippen LogP contribution in [-0.4, -0.2) is 85.7 Å². The SMILES string of the molecule is CC[C@H](O[Si](CC)(CC)CC)[C@@H](C)[C@H]1O[C@@H]1C[C@](C)(/C=C/C=C(\C)[C@H]1OC(=O)C[C@H](O)CC[C@@](C)(O)[C@@H](O)/C=C\[C@@H]1C)O[Si](CC)(CC)CC. The molecule has 0 unspecified atom stereocenters. The van der Waals surface area contributed by atoms with Crippen LogP contribution in [0.2, 0.25) is 36.3 Å². The number of hydrogen-bond acceptors (Lipinski definition) is 8. The summed E-state index contributed by atoms with van der Waals surface area (Å²) in [5, 5.41) is 31.9. The molecule has 0 bridgehead atoms. The van der Waals surface area contributed by atoms with Gasteiger partial charge < -0.3 is 33.6 Å². The van der Waals surface area contributed by atoms with Crippen LogP contribution in [0.3, 0.4) is 0 Å². The van der Waals surface area contributed by atoms with Crippen LogP contribution in [0.5, 0.6) is 0 Å². The molecule has 0 spiro atoms. The number of carbonyl (C=O) groups excluding carboxylic acids is 1. The topological polar surface area (TPSA) is 118 Å². The second-order valence-electron chi connectivity index (χ2n) is 15.8. The highest BCUT2D eigenvalue weighted by Gasteiger charge is 2.50. The summed E-state index contributed by atoms with van der Waals surface area (Å²) in [6.07, 6.45) is 9.14. The molecule has 0 amide bonds. The number of ether oxygens (including phenoxy) is 2. The van der Waals surface area contributed by atoms with Gasteiger partial charge in [0.2, 0.25) is 0 Å². The number of aliphatic hydroxyl groups excluding tert-OH is 2. The zero-order chi connectivity index (χ0) is 37.9. The lowest BCUT2D eigenvalue weighted by atomic mass is 9.89. The molecule has 3 N–H and O–H groups in total. The molecular weight excluding hydrogens is 665 g/mol. The number of allylic oxidation sites excluding steroid dienone is 2. The van der Waals surface area contributed by atoms with Gasteiger partial charge in [0.25, 0.3) is 0 Å². The van der Waals surface area contributed by atoms with E-state index in [9.17, 15) is 20.1 Å². The van der Waals surface area contributed by atoms with Crippen molar-refractivity contribution < 1.29 is 38.4 Å². The molecular formula is C40H74O8Si2. The number of rotatable bonds is 18. The quantitative estimate of drug-likeness (QED) is 0.0421. The van der Waals surface area contributed by atoms with Crippen LogP contribution >= 0.6 is 0 Å². The van der Waals surface area contributed by atoms with E-state index in [0.29, 0.717) is 5.92 Å². The van der Waals surface area contributed by atoms with Crippen molar-refractivity contribution in [2.24, 2.45) is 11.8 Å². The number of cyclic esters (lactones) is 1. The Bertz CT molecular complexity index is 1110. The van der Waals surface area contributed by atoms with E-state index in [0.717, 1.165) is 54.7 Å². The molecule has 2 aliphatic heterocycles. The van der Waals surface area contributed by atoms with Crippen LogP contribution in [0.25, 0.3) is 0 Å². The van der Waals surface area contributed by atoms with Crippen LogP contribution in [-0.2, 0) is 23.1 Å². The Hall–Kier alpha value is -1.12. The zero-order valence-corrected chi connectivity index (χ0v) is 35.7. The van der Waals surface area contributed by atoms with Crippen molar-refractivity contribution in [2.45, 2.75) is 199 Å². The predicted octanol–water partition coefficient (Wildman–Crippen LogP) is 8.62. The molecule has 10 atom stereocenters. The maximum Gasteiger partial charge on any atom is 0.309 e. The predicted molar refractivity (Wildman–Crippen MR) is 209 cm³/mol. The molecule has 50 heavy (non-hydrogen) atoms. The summed E-state index contributed by atoms with van der Waals surface area (Å²) < 4.78 is 26.5. The Labute approximate surface area is 307 Å². The lowest BCUT2D eigenvalue weighted by molar-refractivity contribution is -0.151. The number of esters is 1. The summed E-state index contributed by atoms with van der Waals surface area (Å²) in [7, 11) is -3.74. The van der Waals surface area contributed by atoms with Crippen molar-refractivity contribution in [1.82, 2.24) is 0 Å². The van der Waals surface area contributed by atoms with E-state index in [-0.39, 0.29) is 43.5 Å². The summed E-state index contributed by atoms with van der Waals surface area (Å²) >= 11 is 0. The third-order valence-electron chi connectivity index (χ3n) is 12.1. The minimum absolute atomic E-state index is 0.0908. The van der Waals surface area contributed by atoms with Crippen molar-refractivity contribution in [3.8, 4) is 0 Å². The fraction of sp³-hybridized carbons (Fsp3) is 0.825. The van der Waals surface area contributed by atoms with E-state index in [2.05, 4.69) is 68.4 Å². The minimum Gasteiger partial charge on any atom is -0.457 e. The van der Waals surface area contributed by atoms with Gasteiger partial charge in [-0.1, -0.05) is 92.7 Å². The van der Waals surface area contributed by atoms with Gasteiger partial charge in [-0.05, 0) is 81.9 Å². The van der Waals surface area contributed by atoms with Crippen LogP contribution in [0.15, 0.2) is 36.0 Å². The molecule has 0 aromatic carbocycles. The fourth-order valence-corrected chi connectivity index (χ4v) is 13.8. The van der Waals surface area contributed by atoms with Crippen molar-refractivity contribution in [2.75, 3.05) is 0 Å². The van der Waals surface area contributed by atoms with Gasteiger partial charge in [0.15, 0.2) is 16.6 Å². The van der Waals surface area contributed by atoms with Gasteiger partial charge in [-0.15, -0.1) is 0 Å². The van der Waals surface area contributed by atoms with Gasteiger partial charge in [-0.3, -0.25) is 4.79 Å². The van der Waals surface area contributed by atoms with Gasteiger partial charge >= 0.3 is 5.97 Å². The van der Waals surface area contributed by atoms with E-state index in [1.54, 1.807) is 19.1 Å². The highest BCUT2D eigenvalue weighted by atomic mass is 28.4. The highest BCUT2D eigenvalue weighted by molar-refractivity contribution is 6.74. The number of hydrogen-bond donors (Lipinski definition) is 3. The third-order valence-corrected chi connectivity index (χ3v) is 21.5. The average molecular weight is 739 g/mol. The minimum atomic E-state index is -2.00. The number of carbonyl (C=O) groups is 1. The normalized spacial score (nSPS) is 32.1. The lowest BCUT2D eigenvalue weighted by Gasteiger charge is -2.39. The van der Waals surface area contributed by atoms with E-state index >= 15 is 0 Å². The fourth-order valence-electron chi connectivity index (χ4n) is 7.68. The molecule has 10 heteroatoms. The van der Waals surface area contributed by atoms with Crippen LogP contribution < -0.4 is 0 Å². The highest BCUT2D eigenvalue weighted by Crippen LogP contribution is 2.42. The molecule has 1 fully saturated rings. The summed E-state index contributed by atoms with van der Waals surface area (Å²) in [5.74, 6) is -0.469. The maximum absolute atomic E-state index is 12.9. The zero-order valence-electron chi connectivity index (χ0n) is 33.7. The molecule has 2 rings (SSSR count). The molecule has 0 aromatic heterocycles.